The predicted molar refractivity (Wildman–Crippen MR) is 186 cm³/mol. The van der Waals surface area contributed by atoms with E-state index in [0.717, 1.165) is 54.5 Å². The van der Waals surface area contributed by atoms with Gasteiger partial charge in [-0.05, 0) is 128 Å². The van der Waals surface area contributed by atoms with Crippen LogP contribution in [0.5, 0.6) is 11.5 Å². The van der Waals surface area contributed by atoms with Crippen molar-refractivity contribution in [1.82, 2.24) is 10.3 Å². The molecule has 1 aliphatic rings. The van der Waals surface area contributed by atoms with Gasteiger partial charge in [0.1, 0.15) is 11.6 Å². The summed E-state index contributed by atoms with van der Waals surface area (Å²) in [5.41, 5.74) is 11.3. The molecule has 7 heteroatoms. The summed E-state index contributed by atoms with van der Waals surface area (Å²) in [7, 11) is 3.50. The van der Waals surface area contributed by atoms with Crippen molar-refractivity contribution in [3.63, 3.8) is 0 Å². The van der Waals surface area contributed by atoms with E-state index in [4.69, 9.17) is 10.5 Å². The highest BCUT2D eigenvalue weighted by Crippen LogP contribution is 2.47. The number of aryl methyl sites for hydroxylation is 2. The number of anilines is 1. The maximum absolute atomic E-state index is 12.9. The first-order valence-corrected chi connectivity index (χ1v) is 16.7. The van der Waals surface area contributed by atoms with E-state index in [-0.39, 0.29) is 23.7 Å². The number of nitrogen functional groups attached to an aromatic ring is 1. The van der Waals surface area contributed by atoms with Crippen LogP contribution < -0.4 is 15.8 Å². The Balaban J connectivity index is 1.40. The van der Waals surface area contributed by atoms with Crippen LogP contribution in [0.1, 0.15) is 92.5 Å². The van der Waals surface area contributed by atoms with Gasteiger partial charge in [0.25, 0.3) is 0 Å². The summed E-state index contributed by atoms with van der Waals surface area (Å²) in [5.74, 6) is 1.18. The molecule has 246 valence electrons. The van der Waals surface area contributed by atoms with Crippen molar-refractivity contribution in [3.8, 4) is 11.5 Å². The number of aromatic hydroxyl groups is 1. The smallest absolute Gasteiger partial charge is 0.163 e. The van der Waals surface area contributed by atoms with Gasteiger partial charge in [0.05, 0.1) is 13.5 Å². The Labute approximate surface area is 274 Å². The van der Waals surface area contributed by atoms with Gasteiger partial charge < -0.3 is 20.9 Å². The number of ether oxygens (including phenoxy) is 1. The number of phenols is 1. The molecule has 1 fully saturated rings. The molecule has 3 aromatic rings. The summed E-state index contributed by atoms with van der Waals surface area (Å²) >= 11 is 0. The number of pyridine rings is 1. The summed E-state index contributed by atoms with van der Waals surface area (Å²) in [6.45, 7) is 3.32. The Hall–Kier alpha value is -3.97. The van der Waals surface area contributed by atoms with Gasteiger partial charge in [-0.3, -0.25) is 9.59 Å². The summed E-state index contributed by atoms with van der Waals surface area (Å²) in [6.07, 6.45) is 15.6. The van der Waals surface area contributed by atoms with E-state index in [1.54, 1.807) is 24.4 Å². The quantitative estimate of drug-likeness (QED) is 0.101. The average molecular weight is 626 g/mol. The molecule has 0 amide bonds. The van der Waals surface area contributed by atoms with Gasteiger partial charge in [0, 0.05) is 12.6 Å². The fourth-order valence-corrected chi connectivity index (χ4v) is 7.19. The number of nitrogens with one attached hydrogen (secondary N) is 1. The molecule has 1 saturated carbocycles. The van der Waals surface area contributed by atoms with Crippen molar-refractivity contribution in [2.24, 2.45) is 11.3 Å². The molecular formula is C39H51N3O4. The van der Waals surface area contributed by atoms with Crippen LogP contribution in [0.3, 0.4) is 0 Å². The molecule has 0 aliphatic heterocycles. The van der Waals surface area contributed by atoms with E-state index in [9.17, 15) is 14.7 Å². The van der Waals surface area contributed by atoms with Gasteiger partial charge >= 0.3 is 0 Å². The van der Waals surface area contributed by atoms with Crippen LogP contribution in [0.2, 0.25) is 0 Å². The number of ketones is 2. The topological polar surface area (TPSA) is 115 Å². The van der Waals surface area contributed by atoms with E-state index < -0.39 is 0 Å². The number of hydrogen-bond acceptors (Lipinski definition) is 7. The molecule has 0 radical (unpaired) electrons. The number of carbonyl (C=O) groups is 2. The number of nitrogens with zero attached hydrogens (tertiary/aromatic N) is 1. The van der Waals surface area contributed by atoms with Crippen LogP contribution in [-0.4, -0.2) is 42.4 Å². The molecule has 1 aliphatic carbocycles. The second-order valence-electron chi connectivity index (χ2n) is 13.2. The Bertz CT molecular complexity index is 1480. The normalized spacial score (nSPS) is 14.8. The fraction of sp³-hybridized carbons (Fsp3) is 0.462. The van der Waals surface area contributed by atoms with Gasteiger partial charge in [-0.1, -0.05) is 56.2 Å². The lowest BCUT2D eigenvalue weighted by Gasteiger charge is -2.32. The lowest BCUT2D eigenvalue weighted by molar-refractivity contribution is -0.124. The van der Waals surface area contributed by atoms with E-state index in [0.29, 0.717) is 35.7 Å². The zero-order chi connectivity index (χ0) is 32.9. The Morgan fingerprint density at radius 2 is 1.85 bits per heavy atom. The van der Waals surface area contributed by atoms with Crippen LogP contribution >= 0.6 is 0 Å². The zero-order valence-electron chi connectivity index (χ0n) is 27.8. The van der Waals surface area contributed by atoms with Crippen LogP contribution in [0.4, 0.5) is 5.82 Å². The summed E-state index contributed by atoms with van der Waals surface area (Å²) < 4.78 is 5.37. The van der Waals surface area contributed by atoms with Gasteiger partial charge in [-0.2, -0.15) is 0 Å². The SMILES string of the molecule is CNCC(C)CC1(CCCC(=O)CC(=O)C=Cc2cc(OC)c(O)cc2Cc2cnc(N)cc2CCc2ccccc2)CCCC1. The summed E-state index contributed by atoms with van der Waals surface area (Å²) in [6, 6.07) is 15.6. The lowest BCUT2D eigenvalue weighted by Crippen LogP contribution is -2.25. The molecule has 1 unspecified atom stereocenters. The fourth-order valence-electron chi connectivity index (χ4n) is 7.19. The van der Waals surface area contributed by atoms with Crippen molar-refractivity contribution in [2.45, 2.75) is 84.0 Å². The number of hydrogen-bond donors (Lipinski definition) is 3. The van der Waals surface area contributed by atoms with Crippen molar-refractivity contribution < 1.29 is 19.4 Å². The molecule has 0 saturated heterocycles. The summed E-state index contributed by atoms with van der Waals surface area (Å²) in [5, 5.41) is 13.9. The number of allylic oxidation sites excluding steroid dienone is 1. The Morgan fingerprint density at radius 1 is 1.09 bits per heavy atom. The third-order valence-electron chi connectivity index (χ3n) is 9.43. The van der Waals surface area contributed by atoms with Gasteiger partial charge in [-0.25, -0.2) is 4.98 Å². The predicted octanol–water partition coefficient (Wildman–Crippen LogP) is 7.27. The van der Waals surface area contributed by atoms with E-state index in [1.165, 1.54) is 50.9 Å². The second kappa shape index (κ2) is 17.1. The van der Waals surface area contributed by atoms with E-state index in [1.807, 2.05) is 31.3 Å². The van der Waals surface area contributed by atoms with Crippen LogP contribution in [-0.2, 0) is 28.9 Å². The molecule has 0 bridgehead atoms. The average Bonchev–Trinajstić information content (AvgIpc) is 3.49. The Morgan fingerprint density at radius 3 is 2.57 bits per heavy atom. The third kappa shape index (κ3) is 10.3. The number of aromatic nitrogens is 1. The number of nitrogens with two attached hydrogens (primary N) is 1. The molecule has 1 aromatic heterocycles. The van der Waals surface area contributed by atoms with Crippen LogP contribution in [0, 0.1) is 11.3 Å². The molecule has 4 N–H and O–H groups in total. The monoisotopic (exact) mass is 625 g/mol. The maximum Gasteiger partial charge on any atom is 0.163 e. The number of benzene rings is 2. The maximum atomic E-state index is 12.9. The largest absolute Gasteiger partial charge is 0.504 e. The number of phenolic OH excluding ortho intramolecular Hbond substituents is 1. The number of Topliss-reactive ketones (excluding diaryl/α,β-unsaturated/α-hetero) is 1. The minimum Gasteiger partial charge on any atom is -0.504 e. The molecule has 46 heavy (non-hydrogen) atoms. The van der Waals surface area contributed by atoms with Crippen LogP contribution in [0.25, 0.3) is 6.08 Å². The van der Waals surface area contributed by atoms with Gasteiger partial charge in [0.15, 0.2) is 17.3 Å². The molecule has 4 rings (SSSR count). The molecule has 7 nitrogen and oxygen atoms in total. The molecular weight excluding hydrogens is 574 g/mol. The van der Waals surface area contributed by atoms with Crippen molar-refractivity contribution in [2.75, 3.05) is 26.4 Å². The zero-order valence-corrected chi connectivity index (χ0v) is 27.8. The minimum atomic E-state index is -0.223. The first-order valence-electron chi connectivity index (χ1n) is 16.7. The van der Waals surface area contributed by atoms with Gasteiger partial charge in [-0.15, -0.1) is 0 Å². The molecule has 0 spiro atoms. The number of methoxy groups -OCH3 is 1. The second-order valence-corrected chi connectivity index (χ2v) is 13.2. The van der Waals surface area contributed by atoms with Crippen molar-refractivity contribution in [3.05, 3.63) is 88.6 Å². The standard InChI is InChI=1S/C39H51N3O4/c1-28(26-41-2)25-39(17-7-8-18-39)19-9-12-34(43)24-35(44)16-15-30-22-37(46-3)36(45)21-32(30)20-33-27-42-38(40)23-31(33)14-13-29-10-5-4-6-11-29/h4-6,10-11,15-16,21-23,27-28,41,45H,7-9,12-14,17-20,24-26H2,1-3H3,(H2,40,42). The highest BCUT2D eigenvalue weighted by molar-refractivity contribution is 6.06. The van der Waals surface area contributed by atoms with E-state index >= 15 is 0 Å². The highest BCUT2D eigenvalue weighted by atomic mass is 16.5. The lowest BCUT2D eigenvalue weighted by atomic mass is 9.74. The number of carbonyl (C=O) groups excluding carboxylic acids is 2. The van der Waals surface area contributed by atoms with Gasteiger partial charge in [0.2, 0.25) is 0 Å². The highest BCUT2D eigenvalue weighted by Gasteiger charge is 2.34. The summed E-state index contributed by atoms with van der Waals surface area (Å²) in [4.78, 5) is 30.1. The first kappa shape index (κ1) is 34.9. The molecule has 1 atom stereocenters. The van der Waals surface area contributed by atoms with Crippen LogP contribution in [0.15, 0.2) is 60.8 Å². The molecule has 2 aromatic carbocycles. The van der Waals surface area contributed by atoms with E-state index in [2.05, 4.69) is 29.4 Å². The van der Waals surface area contributed by atoms with Crippen molar-refractivity contribution in [1.29, 1.82) is 0 Å². The van der Waals surface area contributed by atoms with Crippen molar-refractivity contribution >= 4 is 23.5 Å². The number of rotatable bonds is 18. The molecule has 1 heterocycles. The third-order valence-corrected chi connectivity index (χ3v) is 9.43. The first-order chi connectivity index (χ1) is 22.2. The Kier molecular flexibility index (Phi) is 13.0. The minimum absolute atomic E-state index is 0.00872.